The molecule has 2 unspecified atom stereocenters. The Hall–Kier alpha value is -0.0800. The van der Waals surface area contributed by atoms with Crippen molar-refractivity contribution in [1.29, 1.82) is 0 Å². The molecule has 1 heterocycles. The van der Waals surface area contributed by atoms with E-state index in [1.807, 2.05) is 0 Å². The number of nitrogens with one attached hydrogen (secondary N) is 1. The van der Waals surface area contributed by atoms with Gasteiger partial charge in [-0.15, -0.1) is 0 Å². The maximum Gasteiger partial charge on any atom is 0.00952 e. The molecule has 2 rings (SSSR count). The Kier molecular flexibility index (Phi) is 6.66. The van der Waals surface area contributed by atoms with Crippen molar-refractivity contribution in [2.24, 2.45) is 5.92 Å². The fourth-order valence-electron chi connectivity index (χ4n) is 4.07. The van der Waals surface area contributed by atoms with Crippen LogP contribution < -0.4 is 5.32 Å². The summed E-state index contributed by atoms with van der Waals surface area (Å²) >= 11 is 0. The third-order valence-corrected chi connectivity index (χ3v) is 5.38. The molecule has 1 aliphatic carbocycles. The molecule has 2 nitrogen and oxygen atoms in total. The highest BCUT2D eigenvalue weighted by Crippen LogP contribution is 2.28. The monoisotopic (exact) mass is 266 g/mol. The van der Waals surface area contributed by atoms with E-state index in [1.54, 1.807) is 0 Å². The Morgan fingerprint density at radius 2 is 1.74 bits per heavy atom. The third-order valence-electron chi connectivity index (χ3n) is 5.38. The van der Waals surface area contributed by atoms with Crippen LogP contribution in [-0.4, -0.2) is 36.6 Å². The molecule has 1 aliphatic heterocycles. The number of hydrogen-bond acceptors (Lipinski definition) is 2. The van der Waals surface area contributed by atoms with Gasteiger partial charge in [-0.05, 0) is 64.1 Å². The quantitative estimate of drug-likeness (QED) is 0.814. The Morgan fingerprint density at radius 1 is 0.947 bits per heavy atom. The van der Waals surface area contributed by atoms with Crippen LogP contribution >= 0.6 is 0 Å². The highest BCUT2D eigenvalue weighted by atomic mass is 15.1. The van der Waals surface area contributed by atoms with Gasteiger partial charge in [-0.25, -0.2) is 0 Å². The molecule has 2 atom stereocenters. The van der Waals surface area contributed by atoms with Gasteiger partial charge in [0.1, 0.15) is 0 Å². The van der Waals surface area contributed by atoms with Gasteiger partial charge in [-0.1, -0.05) is 33.1 Å². The van der Waals surface area contributed by atoms with Gasteiger partial charge in [-0.3, -0.25) is 0 Å². The van der Waals surface area contributed by atoms with Crippen LogP contribution in [0.4, 0.5) is 0 Å². The number of hydrogen-bond donors (Lipinski definition) is 1. The molecule has 2 heteroatoms. The van der Waals surface area contributed by atoms with E-state index in [2.05, 4.69) is 24.1 Å². The van der Waals surface area contributed by atoms with Crippen LogP contribution in [0.25, 0.3) is 0 Å². The van der Waals surface area contributed by atoms with E-state index in [9.17, 15) is 0 Å². The van der Waals surface area contributed by atoms with Crippen molar-refractivity contribution in [3.63, 3.8) is 0 Å². The maximum absolute atomic E-state index is 4.03. The van der Waals surface area contributed by atoms with Crippen LogP contribution in [0.5, 0.6) is 0 Å². The smallest absolute Gasteiger partial charge is 0.00952 e. The summed E-state index contributed by atoms with van der Waals surface area (Å²) in [5, 5.41) is 4.03. The summed E-state index contributed by atoms with van der Waals surface area (Å²) < 4.78 is 0. The van der Waals surface area contributed by atoms with Crippen LogP contribution in [0, 0.1) is 5.92 Å². The van der Waals surface area contributed by atoms with Gasteiger partial charge in [-0.2, -0.15) is 0 Å². The molecule has 2 aliphatic rings. The number of nitrogens with zero attached hydrogens (tertiary/aromatic N) is 1. The fourth-order valence-corrected chi connectivity index (χ4v) is 4.07. The summed E-state index contributed by atoms with van der Waals surface area (Å²) in [5.74, 6) is 0.962. The lowest BCUT2D eigenvalue weighted by atomic mass is 9.82. The van der Waals surface area contributed by atoms with Gasteiger partial charge >= 0.3 is 0 Å². The first kappa shape index (κ1) is 15.3. The van der Waals surface area contributed by atoms with Crippen LogP contribution in [0.15, 0.2) is 0 Å². The van der Waals surface area contributed by atoms with Crippen LogP contribution in [0.2, 0.25) is 0 Å². The first-order valence-electron chi connectivity index (χ1n) is 8.81. The third kappa shape index (κ3) is 4.75. The van der Waals surface area contributed by atoms with Crippen molar-refractivity contribution < 1.29 is 0 Å². The average molecular weight is 266 g/mol. The van der Waals surface area contributed by atoms with Crippen molar-refractivity contribution >= 4 is 0 Å². The maximum atomic E-state index is 4.03. The molecule has 1 saturated heterocycles. The molecule has 19 heavy (non-hydrogen) atoms. The zero-order chi connectivity index (χ0) is 13.5. The molecule has 0 aromatic heterocycles. The predicted octanol–water partition coefficient (Wildman–Crippen LogP) is 3.81. The van der Waals surface area contributed by atoms with Crippen molar-refractivity contribution in [3.05, 3.63) is 0 Å². The minimum Gasteiger partial charge on any atom is -0.311 e. The Bertz CT molecular complexity index is 235. The van der Waals surface area contributed by atoms with Crippen LogP contribution in [0.3, 0.4) is 0 Å². The van der Waals surface area contributed by atoms with Crippen LogP contribution in [0.1, 0.15) is 71.6 Å². The summed E-state index contributed by atoms with van der Waals surface area (Å²) in [4.78, 5) is 2.61. The highest BCUT2D eigenvalue weighted by Gasteiger charge is 2.25. The zero-order valence-electron chi connectivity index (χ0n) is 13.2. The fraction of sp³-hybridized carbons (Fsp3) is 1.00. The van der Waals surface area contributed by atoms with E-state index >= 15 is 0 Å². The second-order valence-corrected chi connectivity index (χ2v) is 6.64. The minimum atomic E-state index is 0.781. The second-order valence-electron chi connectivity index (χ2n) is 6.64. The first-order chi connectivity index (χ1) is 9.33. The number of likely N-dealkylation sites (tertiary alicyclic amines) is 1. The lowest BCUT2D eigenvalue weighted by Crippen LogP contribution is -2.43. The lowest BCUT2D eigenvalue weighted by molar-refractivity contribution is 0.236. The summed E-state index contributed by atoms with van der Waals surface area (Å²) in [6.45, 7) is 8.52. The van der Waals surface area contributed by atoms with E-state index < -0.39 is 0 Å². The van der Waals surface area contributed by atoms with Gasteiger partial charge in [0.15, 0.2) is 0 Å². The molecule has 0 spiro atoms. The summed E-state index contributed by atoms with van der Waals surface area (Å²) in [7, 11) is 0. The Morgan fingerprint density at radius 3 is 2.42 bits per heavy atom. The average Bonchev–Trinajstić information content (AvgIpc) is 2.70. The molecule has 0 aromatic carbocycles. The molecule has 112 valence electrons. The minimum absolute atomic E-state index is 0.781. The standard InChI is InChI=1S/C17H34N2/c1-3-17(15-9-6-5-7-10-15)18-16-11-8-13-19(4-2)14-12-16/h15-18H,3-14H2,1-2H3. The van der Waals surface area contributed by atoms with Gasteiger partial charge < -0.3 is 10.2 Å². The van der Waals surface area contributed by atoms with E-state index in [0.717, 1.165) is 18.0 Å². The number of rotatable bonds is 5. The summed E-state index contributed by atoms with van der Waals surface area (Å²) in [6.07, 6.45) is 12.8. The Balaban J connectivity index is 1.80. The van der Waals surface area contributed by atoms with Crippen molar-refractivity contribution in [3.8, 4) is 0 Å². The SMILES string of the molecule is CCC(NC1CCCN(CC)CC1)C1CCCCC1. The van der Waals surface area contributed by atoms with Crippen molar-refractivity contribution in [1.82, 2.24) is 10.2 Å². The predicted molar refractivity (Wildman–Crippen MR) is 83.5 cm³/mol. The lowest BCUT2D eigenvalue weighted by Gasteiger charge is -2.33. The highest BCUT2D eigenvalue weighted by molar-refractivity contribution is 4.83. The first-order valence-corrected chi connectivity index (χ1v) is 8.81. The molecule has 0 radical (unpaired) electrons. The van der Waals surface area contributed by atoms with Crippen molar-refractivity contribution in [2.45, 2.75) is 83.7 Å². The molecule has 1 saturated carbocycles. The van der Waals surface area contributed by atoms with Gasteiger partial charge in [0.25, 0.3) is 0 Å². The molecule has 0 amide bonds. The van der Waals surface area contributed by atoms with Gasteiger partial charge in [0.05, 0.1) is 0 Å². The summed E-state index contributed by atoms with van der Waals surface area (Å²) in [6, 6.07) is 1.57. The molecule has 2 fully saturated rings. The van der Waals surface area contributed by atoms with E-state index in [0.29, 0.717) is 0 Å². The van der Waals surface area contributed by atoms with Crippen molar-refractivity contribution in [2.75, 3.05) is 19.6 Å². The van der Waals surface area contributed by atoms with Gasteiger partial charge in [0.2, 0.25) is 0 Å². The molecule has 1 N–H and O–H groups in total. The van der Waals surface area contributed by atoms with Crippen LogP contribution in [-0.2, 0) is 0 Å². The van der Waals surface area contributed by atoms with E-state index in [1.165, 1.54) is 77.4 Å². The largest absolute Gasteiger partial charge is 0.311 e. The summed E-state index contributed by atoms with van der Waals surface area (Å²) in [5.41, 5.74) is 0. The van der Waals surface area contributed by atoms with Gasteiger partial charge in [0, 0.05) is 12.1 Å². The topological polar surface area (TPSA) is 15.3 Å². The molecular weight excluding hydrogens is 232 g/mol. The molecular formula is C17H34N2. The Labute approximate surface area is 120 Å². The molecule has 0 bridgehead atoms. The normalized spacial score (nSPS) is 29.1. The second kappa shape index (κ2) is 8.26. The zero-order valence-corrected chi connectivity index (χ0v) is 13.2. The van der Waals surface area contributed by atoms with E-state index in [-0.39, 0.29) is 0 Å². The molecule has 0 aromatic rings. The van der Waals surface area contributed by atoms with E-state index in [4.69, 9.17) is 0 Å².